The highest BCUT2D eigenvalue weighted by atomic mass is 35.5. The molecule has 3 nitrogen and oxygen atoms in total. The Labute approximate surface area is 119 Å². The second-order valence-electron chi connectivity index (χ2n) is 5.28. The summed E-state index contributed by atoms with van der Waals surface area (Å²) < 4.78 is 0. The first kappa shape index (κ1) is 14.2. The molecular weight excluding hydrogens is 260 g/mol. The molecule has 0 bridgehead atoms. The molecule has 2 rings (SSSR count). The predicted octanol–water partition coefficient (Wildman–Crippen LogP) is 3.69. The van der Waals surface area contributed by atoms with Gasteiger partial charge in [0.15, 0.2) is 0 Å². The van der Waals surface area contributed by atoms with Crippen molar-refractivity contribution in [3.63, 3.8) is 0 Å². The number of amides is 1. The first-order valence-corrected chi connectivity index (χ1v) is 7.27. The van der Waals surface area contributed by atoms with Crippen LogP contribution in [0.15, 0.2) is 18.2 Å². The van der Waals surface area contributed by atoms with E-state index in [4.69, 9.17) is 11.6 Å². The van der Waals surface area contributed by atoms with Crippen LogP contribution in [0.1, 0.15) is 43.0 Å². The Morgan fingerprint density at radius 3 is 2.74 bits per heavy atom. The summed E-state index contributed by atoms with van der Waals surface area (Å²) in [6.45, 7) is 2.21. The topological polar surface area (TPSA) is 41.1 Å². The van der Waals surface area contributed by atoms with Gasteiger partial charge in [-0.15, -0.1) is 0 Å². The van der Waals surface area contributed by atoms with Crippen LogP contribution in [0.4, 0.5) is 5.69 Å². The Hall–Kier alpha value is -1.22. The molecule has 2 N–H and O–H groups in total. The zero-order chi connectivity index (χ0) is 13.8. The van der Waals surface area contributed by atoms with Crippen molar-refractivity contribution >= 4 is 23.2 Å². The van der Waals surface area contributed by atoms with E-state index in [1.807, 2.05) is 13.1 Å². The number of carbonyl (C=O) groups excluding carboxylic acids is 1. The molecule has 0 heterocycles. The Balaban J connectivity index is 2.13. The molecule has 0 spiro atoms. The lowest BCUT2D eigenvalue weighted by molar-refractivity contribution is 0.0911. The van der Waals surface area contributed by atoms with Gasteiger partial charge in [-0.2, -0.15) is 0 Å². The maximum Gasteiger partial charge on any atom is 0.253 e. The fraction of sp³-hybridized carbons (Fsp3) is 0.533. The number of rotatable bonds is 3. The quantitative estimate of drug-likeness (QED) is 0.887. The van der Waals surface area contributed by atoms with Crippen LogP contribution < -0.4 is 10.6 Å². The van der Waals surface area contributed by atoms with Crippen molar-refractivity contribution < 1.29 is 4.79 Å². The summed E-state index contributed by atoms with van der Waals surface area (Å²) in [5.41, 5.74) is 1.43. The third kappa shape index (κ3) is 3.41. The average Bonchev–Trinajstić information content (AvgIpc) is 2.41. The zero-order valence-electron chi connectivity index (χ0n) is 11.5. The Bertz CT molecular complexity index is 461. The lowest BCUT2D eigenvalue weighted by atomic mass is 9.86. The number of anilines is 1. The molecule has 0 radical (unpaired) electrons. The molecule has 104 valence electrons. The summed E-state index contributed by atoms with van der Waals surface area (Å²) >= 11 is 5.98. The van der Waals surface area contributed by atoms with Crippen molar-refractivity contribution in [2.24, 2.45) is 5.92 Å². The number of carbonyl (C=O) groups is 1. The van der Waals surface area contributed by atoms with E-state index in [9.17, 15) is 4.79 Å². The van der Waals surface area contributed by atoms with E-state index >= 15 is 0 Å². The molecule has 1 fully saturated rings. The van der Waals surface area contributed by atoms with Crippen LogP contribution in [0.5, 0.6) is 0 Å². The summed E-state index contributed by atoms with van der Waals surface area (Å²) in [5.74, 6) is 0.514. The second kappa shape index (κ2) is 6.29. The highest BCUT2D eigenvalue weighted by Gasteiger charge is 2.24. The fourth-order valence-corrected chi connectivity index (χ4v) is 2.87. The van der Waals surface area contributed by atoms with E-state index in [1.54, 1.807) is 12.1 Å². The summed E-state index contributed by atoms with van der Waals surface area (Å²) in [5, 5.41) is 6.77. The molecule has 1 amide bonds. The minimum atomic E-state index is -0.0365. The molecule has 0 aliphatic heterocycles. The summed E-state index contributed by atoms with van der Waals surface area (Å²) in [6.07, 6.45) is 4.73. The van der Waals surface area contributed by atoms with Gasteiger partial charge in [0.25, 0.3) is 5.91 Å². The lowest BCUT2D eigenvalue weighted by Crippen LogP contribution is -2.41. The van der Waals surface area contributed by atoms with Crippen LogP contribution in [0.25, 0.3) is 0 Å². The van der Waals surface area contributed by atoms with Gasteiger partial charge in [-0.25, -0.2) is 0 Å². The first-order chi connectivity index (χ1) is 9.11. The minimum Gasteiger partial charge on any atom is -0.387 e. The molecular formula is C15H21ClN2O. The van der Waals surface area contributed by atoms with Crippen molar-refractivity contribution in [1.29, 1.82) is 0 Å². The summed E-state index contributed by atoms with van der Waals surface area (Å²) in [6, 6.07) is 5.62. The van der Waals surface area contributed by atoms with Gasteiger partial charge in [0.1, 0.15) is 0 Å². The molecule has 1 aromatic rings. The third-order valence-corrected chi connectivity index (χ3v) is 4.16. The van der Waals surface area contributed by atoms with Crippen molar-refractivity contribution in [3.05, 3.63) is 28.8 Å². The van der Waals surface area contributed by atoms with Crippen molar-refractivity contribution in [3.8, 4) is 0 Å². The predicted molar refractivity (Wildman–Crippen MR) is 79.9 cm³/mol. The van der Waals surface area contributed by atoms with Crippen LogP contribution in [0, 0.1) is 5.92 Å². The standard InChI is InChI=1S/C15H21ClN2O/c1-10-5-3-4-6-13(10)18-15(19)12-9-11(16)7-8-14(12)17-2/h7-10,13,17H,3-6H2,1-2H3,(H,18,19). The zero-order valence-corrected chi connectivity index (χ0v) is 12.3. The van der Waals surface area contributed by atoms with Gasteiger partial charge in [-0.05, 0) is 37.0 Å². The summed E-state index contributed by atoms with van der Waals surface area (Å²) in [4.78, 5) is 12.4. The fourth-order valence-electron chi connectivity index (χ4n) is 2.70. The van der Waals surface area contributed by atoms with E-state index < -0.39 is 0 Å². The smallest absolute Gasteiger partial charge is 0.253 e. The third-order valence-electron chi connectivity index (χ3n) is 3.92. The van der Waals surface area contributed by atoms with Crippen LogP contribution in [-0.4, -0.2) is 19.0 Å². The van der Waals surface area contributed by atoms with Gasteiger partial charge in [-0.1, -0.05) is 31.4 Å². The number of hydrogen-bond donors (Lipinski definition) is 2. The molecule has 0 saturated heterocycles. The van der Waals surface area contributed by atoms with Crippen molar-refractivity contribution in [2.75, 3.05) is 12.4 Å². The SMILES string of the molecule is CNc1ccc(Cl)cc1C(=O)NC1CCCCC1C. The van der Waals surface area contributed by atoms with Crippen LogP contribution in [0.2, 0.25) is 5.02 Å². The Kier molecular flexibility index (Phi) is 4.70. The van der Waals surface area contributed by atoms with Gasteiger partial charge in [0.2, 0.25) is 0 Å². The maximum atomic E-state index is 12.4. The Morgan fingerprint density at radius 1 is 1.32 bits per heavy atom. The lowest BCUT2D eigenvalue weighted by Gasteiger charge is -2.29. The van der Waals surface area contributed by atoms with Gasteiger partial charge in [0, 0.05) is 23.8 Å². The molecule has 1 aliphatic rings. The average molecular weight is 281 g/mol. The maximum absolute atomic E-state index is 12.4. The van der Waals surface area contributed by atoms with Gasteiger partial charge < -0.3 is 10.6 Å². The van der Waals surface area contributed by atoms with Gasteiger partial charge in [-0.3, -0.25) is 4.79 Å². The van der Waals surface area contributed by atoms with Crippen molar-refractivity contribution in [2.45, 2.75) is 38.6 Å². The molecule has 0 aromatic heterocycles. The van der Waals surface area contributed by atoms with Gasteiger partial charge in [0.05, 0.1) is 5.56 Å². The number of nitrogens with one attached hydrogen (secondary N) is 2. The molecule has 2 atom stereocenters. The first-order valence-electron chi connectivity index (χ1n) is 6.90. The van der Waals surface area contributed by atoms with Crippen LogP contribution in [0.3, 0.4) is 0 Å². The largest absolute Gasteiger partial charge is 0.387 e. The van der Waals surface area contributed by atoms with Crippen LogP contribution >= 0.6 is 11.6 Å². The van der Waals surface area contributed by atoms with E-state index in [0.717, 1.165) is 12.1 Å². The monoisotopic (exact) mass is 280 g/mol. The molecule has 1 aliphatic carbocycles. The second-order valence-corrected chi connectivity index (χ2v) is 5.72. The number of halogens is 1. The number of benzene rings is 1. The highest BCUT2D eigenvalue weighted by molar-refractivity contribution is 6.31. The van der Waals surface area contributed by atoms with Crippen molar-refractivity contribution in [1.82, 2.24) is 5.32 Å². The van der Waals surface area contributed by atoms with Crippen LogP contribution in [-0.2, 0) is 0 Å². The summed E-state index contributed by atoms with van der Waals surface area (Å²) in [7, 11) is 1.81. The normalized spacial score (nSPS) is 22.9. The molecule has 19 heavy (non-hydrogen) atoms. The Morgan fingerprint density at radius 2 is 2.05 bits per heavy atom. The van der Waals surface area contributed by atoms with E-state index in [-0.39, 0.29) is 11.9 Å². The molecule has 4 heteroatoms. The molecule has 1 saturated carbocycles. The molecule has 2 unspecified atom stereocenters. The minimum absolute atomic E-state index is 0.0365. The number of hydrogen-bond acceptors (Lipinski definition) is 2. The van der Waals surface area contributed by atoms with Gasteiger partial charge >= 0.3 is 0 Å². The van der Waals surface area contributed by atoms with E-state index in [1.165, 1.54) is 19.3 Å². The van der Waals surface area contributed by atoms with E-state index in [2.05, 4.69) is 17.6 Å². The van der Waals surface area contributed by atoms with E-state index in [0.29, 0.717) is 16.5 Å². The highest BCUT2D eigenvalue weighted by Crippen LogP contribution is 2.25. The molecule has 1 aromatic carbocycles.